The van der Waals surface area contributed by atoms with E-state index >= 15 is 0 Å². The van der Waals surface area contributed by atoms with E-state index in [4.69, 9.17) is 9.47 Å². The molecule has 8 nitrogen and oxygen atoms in total. The van der Waals surface area contributed by atoms with E-state index in [9.17, 15) is 14.4 Å². The van der Waals surface area contributed by atoms with Crippen LogP contribution in [0.5, 0.6) is 5.75 Å². The smallest absolute Gasteiger partial charge is 0.255 e. The zero-order valence-electron chi connectivity index (χ0n) is 18.9. The number of amides is 2. The van der Waals surface area contributed by atoms with Crippen molar-refractivity contribution < 1.29 is 23.9 Å². The summed E-state index contributed by atoms with van der Waals surface area (Å²) in [6.45, 7) is 5.06. The van der Waals surface area contributed by atoms with Gasteiger partial charge in [0.2, 0.25) is 5.91 Å². The fourth-order valence-electron chi connectivity index (χ4n) is 5.18. The minimum atomic E-state index is -0.654. The summed E-state index contributed by atoms with van der Waals surface area (Å²) >= 11 is 0. The van der Waals surface area contributed by atoms with Crippen molar-refractivity contribution in [3.63, 3.8) is 0 Å². The molecular weight excluding hydrogens is 410 g/mol. The van der Waals surface area contributed by atoms with Crippen LogP contribution < -0.4 is 10.1 Å². The lowest BCUT2D eigenvalue weighted by Gasteiger charge is -2.44. The Kier molecular flexibility index (Phi) is 7.10. The molecule has 0 spiro atoms. The summed E-state index contributed by atoms with van der Waals surface area (Å²) in [5, 5.41) is 2.61. The monoisotopic (exact) mass is 443 g/mol. The highest BCUT2D eigenvalue weighted by molar-refractivity contribution is 6.01. The van der Waals surface area contributed by atoms with Gasteiger partial charge < -0.3 is 24.5 Å². The molecule has 3 atom stereocenters. The van der Waals surface area contributed by atoms with Gasteiger partial charge in [-0.25, -0.2) is 0 Å². The molecule has 4 rings (SSSR count). The van der Waals surface area contributed by atoms with Crippen LogP contribution in [0.15, 0.2) is 18.2 Å². The van der Waals surface area contributed by atoms with Gasteiger partial charge in [0.1, 0.15) is 24.2 Å². The first kappa shape index (κ1) is 22.7. The summed E-state index contributed by atoms with van der Waals surface area (Å²) in [6, 6.07) is 5.33. The molecule has 1 aromatic carbocycles. The number of carbonyl (C=O) groups is 3. The Morgan fingerprint density at radius 1 is 1.31 bits per heavy atom. The molecule has 1 saturated heterocycles. The van der Waals surface area contributed by atoms with Gasteiger partial charge in [0.05, 0.1) is 6.10 Å². The highest BCUT2D eigenvalue weighted by atomic mass is 16.5. The Morgan fingerprint density at radius 3 is 2.84 bits per heavy atom. The first-order chi connectivity index (χ1) is 15.5. The minimum Gasteiger partial charge on any atom is -0.489 e. The molecule has 1 saturated carbocycles. The highest BCUT2D eigenvalue weighted by Crippen LogP contribution is 2.34. The summed E-state index contributed by atoms with van der Waals surface area (Å²) in [4.78, 5) is 40.1. The number of fused-ring (bicyclic) bond motifs is 1. The Labute approximate surface area is 189 Å². The molecular formula is C24H33N3O5. The molecule has 1 aromatic rings. The second-order valence-corrected chi connectivity index (χ2v) is 8.81. The van der Waals surface area contributed by atoms with Crippen LogP contribution in [0.4, 0.5) is 0 Å². The third-order valence-corrected chi connectivity index (χ3v) is 6.84. The number of ether oxygens (including phenoxy) is 2. The quantitative estimate of drug-likeness (QED) is 0.555. The molecule has 0 aromatic heterocycles. The van der Waals surface area contributed by atoms with Gasteiger partial charge >= 0.3 is 0 Å². The SMILES string of the molecule is CCOC1CN(C2CCCC2Oc2ccc3c(c2)CN(C(CCC=O)C(=O)NC)C3=O)C1. The first-order valence-electron chi connectivity index (χ1n) is 11.7. The fourth-order valence-corrected chi connectivity index (χ4v) is 5.18. The molecule has 1 N–H and O–H groups in total. The van der Waals surface area contributed by atoms with E-state index in [1.807, 2.05) is 19.1 Å². The topological polar surface area (TPSA) is 88.2 Å². The van der Waals surface area contributed by atoms with Gasteiger partial charge in [0.15, 0.2) is 0 Å². The van der Waals surface area contributed by atoms with Crippen LogP contribution in [0.2, 0.25) is 0 Å². The summed E-state index contributed by atoms with van der Waals surface area (Å²) in [7, 11) is 1.54. The summed E-state index contributed by atoms with van der Waals surface area (Å²) < 4.78 is 12.1. The van der Waals surface area contributed by atoms with Crippen LogP contribution in [-0.4, -0.2) is 78.9 Å². The Hall–Kier alpha value is -2.45. The number of rotatable bonds is 10. The largest absolute Gasteiger partial charge is 0.489 e. The minimum absolute atomic E-state index is 0.134. The van der Waals surface area contributed by atoms with Crippen LogP contribution in [0, 0.1) is 0 Å². The molecule has 0 radical (unpaired) electrons. The molecule has 1 aliphatic carbocycles. The van der Waals surface area contributed by atoms with Crippen molar-refractivity contribution in [3.8, 4) is 5.75 Å². The number of benzene rings is 1. The van der Waals surface area contributed by atoms with Crippen molar-refractivity contribution in [3.05, 3.63) is 29.3 Å². The van der Waals surface area contributed by atoms with E-state index in [2.05, 4.69) is 10.2 Å². The fraction of sp³-hybridized carbons (Fsp3) is 0.625. The summed E-state index contributed by atoms with van der Waals surface area (Å²) in [6.07, 6.45) is 5.10. The molecule has 3 unspecified atom stereocenters. The van der Waals surface area contributed by atoms with Crippen molar-refractivity contribution in [2.45, 2.75) is 69.9 Å². The number of likely N-dealkylation sites (tertiary alicyclic amines) is 1. The predicted octanol–water partition coefficient (Wildman–Crippen LogP) is 1.76. The molecule has 2 amide bonds. The number of aldehydes is 1. The molecule has 8 heteroatoms. The third kappa shape index (κ3) is 4.52. The van der Waals surface area contributed by atoms with Gasteiger partial charge in [-0.15, -0.1) is 0 Å². The number of hydrogen-bond donors (Lipinski definition) is 1. The van der Waals surface area contributed by atoms with Crippen LogP contribution in [0.25, 0.3) is 0 Å². The van der Waals surface area contributed by atoms with Crippen molar-refractivity contribution in [2.75, 3.05) is 26.7 Å². The van der Waals surface area contributed by atoms with Crippen molar-refractivity contribution in [1.82, 2.24) is 15.1 Å². The van der Waals surface area contributed by atoms with Gasteiger partial charge in [0.25, 0.3) is 5.91 Å². The predicted molar refractivity (Wildman–Crippen MR) is 119 cm³/mol. The van der Waals surface area contributed by atoms with Crippen molar-refractivity contribution in [1.29, 1.82) is 0 Å². The van der Waals surface area contributed by atoms with Crippen molar-refractivity contribution in [2.24, 2.45) is 0 Å². The van der Waals surface area contributed by atoms with E-state index in [-0.39, 0.29) is 24.3 Å². The number of nitrogens with zero attached hydrogens (tertiary/aromatic N) is 2. The lowest BCUT2D eigenvalue weighted by molar-refractivity contribution is -0.125. The second-order valence-electron chi connectivity index (χ2n) is 8.81. The Balaban J connectivity index is 1.42. The van der Waals surface area contributed by atoms with E-state index in [1.54, 1.807) is 18.0 Å². The van der Waals surface area contributed by atoms with Gasteiger partial charge in [-0.05, 0) is 56.4 Å². The molecule has 2 fully saturated rings. The molecule has 174 valence electrons. The zero-order valence-corrected chi connectivity index (χ0v) is 18.9. The first-order valence-corrected chi connectivity index (χ1v) is 11.7. The van der Waals surface area contributed by atoms with Gasteiger partial charge in [0, 0.05) is 51.3 Å². The molecule has 32 heavy (non-hydrogen) atoms. The number of likely N-dealkylation sites (N-methyl/N-ethyl adjacent to an activating group) is 1. The Morgan fingerprint density at radius 2 is 2.12 bits per heavy atom. The van der Waals surface area contributed by atoms with Crippen LogP contribution in [0.1, 0.15) is 54.9 Å². The van der Waals surface area contributed by atoms with E-state index in [0.29, 0.717) is 30.7 Å². The maximum absolute atomic E-state index is 12.9. The highest BCUT2D eigenvalue weighted by Gasteiger charge is 2.41. The average molecular weight is 444 g/mol. The molecule has 2 aliphatic heterocycles. The Bertz CT molecular complexity index is 854. The lowest BCUT2D eigenvalue weighted by Crippen LogP contribution is -2.59. The number of nitrogens with one attached hydrogen (secondary N) is 1. The summed E-state index contributed by atoms with van der Waals surface area (Å²) in [5.74, 6) is 0.340. The van der Waals surface area contributed by atoms with Crippen molar-refractivity contribution >= 4 is 18.1 Å². The van der Waals surface area contributed by atoms with E-state index in [1.165, 1.54) is 0 Å². The lowest BCUT2D eigenvalue weighted by atomic mass is 10.0. The average Bonchev–Trinajstić information content (AvgIpc) is 3.34. The van der Waals surface area contributed by atoms with E-state index < -0.39 is 6.04 Å². The summed E-state index contributed by atoms with van der Waals surface area (Å²) in [5.41, 5.74) is 1.46. The van der Waals surface area contributed by atoms with Crippen LogP contribution >= 0.6 is 0 Å². The van der Waals surface area contributed by atoms with Gasteiger partial charge in [-0.2, -0.15) is 0 Å². The molecule has 3 aliphatic rings. The normalized spacial score (nSPS) is 24.2. The molecule has 2 heterocycles. The van der Waals surface area contributed by atoms with Gasteiger partial charge in [-0.1, -0.05) is 0 Å². The maximum atomic E-state index is 12.9. The van der Waals surface area contributed by atoms with Crippen LogP contribution in [0.3, 0.4) is 0 Å². The maximum Gasteiger partial charge on any atom is 0.255 e. The van der Waals surface area contributed by atoms with Crippen LogP contribution in [-0.2, 0) is 20.9 Å². The standard InChI is InChI=1S/C24H33N3O5/c1-3-31-18-14-26(15-18)20-6-4-8-22(20)32-17-9-10-19-16(12-17)13-27(24(19)30)21(7-5-11-28)23(29)25-2/h9-12,18,20-22H,3-8,13-15H2,1-2H3,(H,25,29). The van der Waals surface area contributed by atoms with Gasteiger partial charge in [-0.3, -0.25) is 14.5 Å². The second kappa shape index (κ2) is 10.0. The number of carbonyl (C=O) groups excluding carboxylic acids is 3. The third-order valence-electron chi connectivity index (χ3n) is 6.84. The van der Waals surface area contributed by atoms with E-state index in [0.717, 1.165) is 56.6 Å². The molecule has 0 bridgehead atoms. The number of hydrogen-bond acceptors (Lipinski definition) is 6. The zero-order chi connectivity index (χ0) is 22.7.